The third kappa shape index (κ3) is 2.12. The van der Waals surface area contributed by atoms with Crippen LogP contribution in [-0.2, 0) is 4.74 Å². The van der Waals surface area contributed by atoms with Crippen molar-refractivity contribution in [3.05, 3.63) is 0 Å². The van der Waals surface area contributed by atoms with E-state index in [0.29, 0.717) is 18.2 Å². The van der Waals surface area contributed by atoms with Crippen LogP contribution in [0.15, 0.2) is 0 Å². The number of nitrogens with zero attached hydrogens (tertiary/aromatic N) is 1. The predicted octanol–water partition coefficient (Wildman–Crippen LogP) is 0.482. The molecule has 0 aromatic rings. The lowest BCUT2D eigenvalue weighted by Crippen LogP contribution is -2.53. The van der Waals surface area contributed by atoms with E-state index in [1.165, 1.54) is 19.3 Å². The number of aliphatic hydroxyl groups is 1. The Morgan fingerprint density at radius 2 is 2.24 bits per heavy atom. The topological polar surface area (TPSA) is 58.7 Å². The molecule has 17 heavy (non-hydrogen) atoms. The van der Waals surface area contributed by atoms with Crippen LogP contribution in [0.25, 0.3) is 0 Å². The molecular weight excluding hydrogens is 216 g/mol. The number of hydrogen-bond donors (Lipinski definition) is 2. The molecule has 1 heterocycles. The number of rotatable bonds is 2. The van der Waals surface area contributed by atoms with Gasteiger partial charge in [-0.3, -0.25) is 4.90 Å². The van der Waals surface area contributed by atoms with E-state index >= 15 is 0 Å². The zero-order valence-corrected chi connectivity index (χ0v) is 10.5. The Labute approximate surface area is 103 Å². The minimum Gasteiger partial charge on any atom is -0.394 e. The van der Waals surface area contributed by atoms with Crippen molar-refractivity contribution in [1.82, 2.24) is 4.90 Å². The fourth-order valence-corrected chi connectivity index (χ4v) is 3.96. The van der Waals surface area contributed by atoms with Crippen LogP contribution in [0.2, 0.25) is 0 Å². The molecule has 0 spiro atoms. The maximum absolute atomic E-state index is 9.36. The van der Waals surface area contributed by atoms with Crippen molar-refractivity contribution < 1.29 is 9.84 Å². The summed E-state index contributed by atoms with van der Waals surface area (Å²) in [5, 5.41) is 9.36. The highest BCUT2D eigenvalue weighted by Crippen LogP contribution is 2.37. The van der Waals surface area contributed by atoms with Gasteiger partial charge in [-0.1, -0.05) is 0 Å². The van der Waals surface area contributed by atoms with Crippen molar-refractivity contribution in [2.24, 2.45) is 5.73 Å². The summed E-state index contributed by atoms with van der Waals surface area (Å²) in [5.74, 6) is 0. The van der Waals surface area contributed by atoms with Gasteiger partial charge in [0.1, 0.15) is 0 Å². The normalized spacial score (nSPS) is 47.3. The number of aliphatic hydroxyl groups excluding tert-OH is 1. The molecule has 0 radical (unpaired) electrons. The predicted molar refractivity (Wildman–Crippen MR) is 65.7 cm³/mol. The molecule has 0 aromatic carbocycles. The first-order chi connectivity index (χ1) is 8.22. The Kier molecular flexibility index (Phi) is 3.15. The quantitative estimate of drug-likeness (QED) is 0.737. The molecular formula is C13H24N2O2. The van der Waals surface area contributed by atoms with Crippen molar-refractivity contribution in [3.8, 4) is 0 Å². The molecule has 0 aromatic heterocycles. The van der Waals surface area contributed by atoms with Gasteiger partial charge in [0, 0.05) is 24.2 Å². The van der Waals surface area contributed by atoms with Crippen molar-refractivity contribution in [2.75, 3.05) is 19.8 Å². The number of hydrogen-bond acceptors (Lipinski definition) is 4. The standard InChI is InChI=1S/C13H24N2O2/c14-13(9-16)5-4-10(8-13)15-6-7-17-12-3-1-2-11(12)15/h10-12,16H,1-9,14H2. The summed E-state index contributed by atoms with van der Waals surface area (Å²) < 4.78 is 5.85. The Balaban J connectivity index is 1.68. The van der Waals surface area contributed by atoms with Gasteiger partial charge in [-0.2, -0.15) is 0 Å². The minimum absolute atomic E-state index is 0.127. The molecule has 2 saturated carbocycles. The number of fused-ring (bicyclic) bond motifs is 1. The zero-order valence-electron chi connectivity index (χ0n) is 10.5. The first kappa shape index (κ1) is 11.9. The maximum atomic E-state index is 9.36. The Morgan fingerprint density at radius 3 is 3.00 bits per heavy atom. The summed E-state index contributed by atoms with van der Waals surface area (Å²) in [5.41, 5.74) is 5.86. The third-order valence-electron chi connectivity index (χ3n) is 4.93. The van der Waals surface area contributed by atoms with Gasteiger partial charge in [0.2, 0.25) is 0 Å². The summed E-state index contributed by atoms with van der Waals surface area (Å²) in [6.45, 7) is 2.05. The second-order valence-corrected chi connectivity index (χ2v) is 6.06. The van der Waals surface area contributed by atoms with Gasteiger partial charge in [-0.05, 0) is 38.5 Å². The van der Waals surface area contributed by atoms with Crippen LogP contribution >= 0.6 is 0 Å². The molecule has 1 saturated heterocycles. The van der Waals surface area contributed by atoms with E-state index in [1.54, 1.807) is 0 Å². The Bertz CT molecular complexity index is 287. The lowest BCUT2D eigenvalue weighted by molar-refractivity contribution is -0.0716. The van der Waals surface area contributed by atoms with Crippen molar-refractivity contribution in [1.29, 1.82) is 0 Å². The lowest BCUT2D eigenvalue weighted by atomic mass is 9.99. The molecule has 0 amide bonds. The highest BCUT2D eigenvalue weighted by molar-refractivity contribution is 5.01. The van der Waals surface area contributed by atoms with Crippen LogP contribution in [0.4, 0.5) is 0 Å². The summed E-state index contributed by atoms with van der Waals surface area (Å²) in [7, 11) is 0. The Hall–Kier alpha value is -0.160. The second kappa shape index (κ2) is 4.50. The highest BCUT2D eigenvalue weighted by atomic mass is 16.5. The van der Waals surface area contributed by atoms with E-state index < -0.39 is 0 Å². The molecule has 3 N–H and O–H groups in total. The van der Waals surface area contributed by atoms with Crippen molar-refractivity contribution in [2.45, 2.75) is 62.3 Å². The van der Waals surface area contributed by atoms with Gasteiger partial charge in [0.05, 0.1) is 19.3 Å². The minimum atomic E-state index is -0.322. The summed E-state index contributed by atoms with van der Waals surface area (Å²) >= 11 is 0. The highest BCUT2D eigenvalue weighted by Gasteiger charge is 2.44. The molecule has 4 nitrogen and oxygen atoms in total. The van der Waals surface area contributed by atoms with Gasteiger partial charge >= 0.3 is 0 Å². The van der Waals surface area contributed by atoms with Crippen LogP contribution in [-0.4, -0.2) is 53.5 Å². The molecule has 4 atom stereocenters. The van der Waals surface area contributed by atoms with E-state index in [0.717, 1.165) is 32.4 Å². The number of morpholine rings is 1. The molecule has 98 valence electrons. The molecule has 0 bridgehead atoms. The molecule has 4 heteroatoms. The largest absolute Gasteiger partial charge is 0.394 e. The lowest BCUT2D eigenvalue weighted by Gasteiger charge is -2.41. The van der Waals surface area contributed by atoms with Gasteiger partial charge in [-0.25, -0.2) is 0 Å². The van der Waals surface area contributed by atoms with E-state index in [2.05, 4.69) is 4.90 Å². The van der Waals surface area contributed by atoms with Gasteiger partial charge in [0.25, 0.3) is 0 Å². The first-order valence-electron chi connectivity index (χ1n) is 6.99. The monoisotopic (exact) mass is 240 g/mol. The molecule has 4 unspecified atom stereocenters. The van der Waals surface area contributed by atoms with Crippen LogP contribution < -0.4 is 5.73 Å². The average Bonchev–Trinajstić information content (AvgIpc) is 2.95. The Morgan fingerprint density at radius 1 is 1.35 bits per heavy atom. The SMILES string of the molecule is NC1(CO)CCC(N2CCOC3CCCC32)C1. The summed E-state index contributed by atoms with van der Waals surface area (Å²) in [4.78, 5) is 2.63. The first-order valence-corrected chi connectivity index (χ1v) is 6.99. The van der Waals surface area contributed by atoms with E-state index in [-0.39, 0.29) is 12.1 Å². The second-order valence-electron chi connectivity index (χ2n) is 6.06. The van der Waals surface area contributed by atoms with Gasteiger partial charge in [-0.15, -0.1) is 0 Å². The zero-order chi connectivity index (χ0) is 11.9. The van der Waals surface area contributed by atoms with Crippen LogP contribution in [0.3, 0.4) is 0 Å². The van der Waals surface area contributed by atoms with Gasteiger partial charge in [0.15, 0.2) is 0 Å². The molecule has 3 aliphatic rings. The van der Waals surface area contributed by atoms with Crippen molar-refractivity contribution in [3.63, 3.8) is 0 Å². The van der Waals surface area contributed by atoms with E-state index in [9.17, 15) is 5.11 Å². The van der Waals surface area contributed by atoms with Crippen LogP contribution in [0, 0.1) is 0 Å². The summed E-state index contributed by atoms with van der Waals surface area (Å²) in [6.07, 6.45) is 7.31. The molecule has 1 aliphatic heterocycles. The fraction of sp³-hybridized carbons (Fsp3) is 1.00. The van der Waals surface area contributed by atoms with Crippen LogP contribution in [0.1, 0.15) is 38.5 Å². The smallest absolute Gasteiger partial charge is 0.0731 e. The van der Waals surface area contributed by atoms with E-state index in [1.807, 2.05) is 0 Å². The fourth-order valence-electron chi connectivity index (χ4n) is 3.96. The van der Waals surface area contributed by atoms with E-state index in [4.69, 9.17) is 10.5 Å². The molecule has 2 aliphatic carbocycles. The van der Waals surface area contributed by atoms with Crippen molar-refractivity contribution >= 4 is 0 Å². The molecule has 3 rings (SSSR count). The number of ether oxygens (including phenoxy) is 1. The third-order valence-corrected chi connectivity index (χ3v) is 4.93. The van der Waals surface area contributed by atoms with Gasteiger partial charge < -0.3 is 15.6 Å². The average molecular weight is 240 g/mol. The molecule has 3 fully saturated rings. The van der Waals surface area contributed by atoms with Crippen LogP contribution in [0.5, 0.6) is 0 Å². The summed E-state index contributed by atoms with van der Waals surface area (Å²) in [6, 6.07) is 1.19. The number of nitrogens with two attached hydrogens (primary N) is 1. The maximum Gasteiger partial charge on any atom is 0.0731 e.